The summed E-state index contributed by atoms with van der Waals surface area (Å²) in [6.45, 7) is 5.84. The van der Waals surface area contributed by atoms with Crippen molar-refractivity contribution < 1.29 is 27.1 Å². The number of amides is 2. The third-order valence-electron chi connectivity index (χ3n) is 6.68. The first-order chi connectivity index (χ1) is 18.0. The zero-order valence-corrected chi connectivity index (χ0v) is 22.1. The van der Waals surface area contributed by atoms with Crippen LogP contribution in [0.15, 0.2) is 65.8 Å². The second-order valence-electron chi connectivity index (χ2n) is 9.42. The number of anilines is 1. The van der Waals surface area contributed by atoms with Gasteiger partial charge in [-0.1, -0.05) is 30.3 Å². The summed E-state index contributed by atoms with van der Waals surface area (Å²) in [4.78, 5) is 28.1. The summed E-state index contributed by atoms with van der Waals surface area (Å²) in [5.74, 6) is -0.878. The smallest absolute Gasteiger partial charge is 0.415 e. The molecule has 0 spiro atoms. The van der Waals surface area contributed by atoms with Gasteiger partial charge in [-0.25, -0.2) is 17.6 Å². The molecule has 0 bridgehead atoms. The van der Waals surface area contributed by atoms with E-state index in [1.54, 1.807) is 37.3 Å². The van der Waals surface area contributed by atoms with Crippen LogP contribution in [-0.4, -0.2) is 44.4 Å². The van der Waals surface area contributed by atoms with Crippen LogP contribution in [0.3, 0.4) is 0 Å². The summed E-state index contributed by atoms with van der Waals surface area (Å²) in [7, 11) is -4.01. The average Bonchev–Trinajstić information content (AvgIpc) is 3.21. The summed E-state index contributed by atoms with van der Waals surface area (Å²) >= 11 is 6.00. The molecule has 8 nitrogen and oxygen atoms in total. The van der Waals surface area contributed by atoms with Crippen molar-refractivity contribution in [3.63, 3.8) is 0 Å². The van der Waals surface area contributed by atoms with Crippen molar-refractivity contribution in [2.24, 2.45) is 0 Å². The van der Waals surface area contributed by atoms with Crippen molar-refractivity contribution in [1.29, 1.82) is 0 Å². The number of benzene rings is 3. The molecular weight excluding hydrogens is 533 g/mol. The highest BCUT2D eigenvalue weighted by atomic mass is 35.5. The molecule has 38 heavy (non-hydrogen) atoms. The molecule has 2 heterocycles. The zero-order valence-electron chi connectivity index (χ0n) is 20.5. The van der Waals surface area contributed by atoms with E-state index in [4.69, 9.17) is 16.3 Å². The molecule has 0 aliphatic carbocycles. The van der Waals surface area contributed by atoms with Crippen molar-refractivity contribution in [3.8, 4) is 0 Å². The molecule has 3 aromatic rings. The van der Waals surface area contributed by atoms with Crippen LogP contribution in [0.2, 0.25) is 5.02 Å². The monoisotopic (exact) mass is 557 g/mol. The Morgan fingerprint density at radius 3 is 2.61 bits per heavy atom. The van der Waals surface area contributed by atoms with Gasteiger partial charge in [0.2, 0.25) is 15.9 Å². The quantitative estimate of drug-likeness (QED) is 0.457. The minimum absolute atomic E-state index is 0.0215. The predicted octanol–water partition coefficient (Wildman–Crippen LogP) is 4.74. The van der Waals surface area contributed by atoms with Crippen molar-refractivity contribution in [1.82, 2.24) is 9.62 Å². The number of allylic oxidation sites excluding steroid dienone is 1. The van der Waals surface area contributed by atoms with Crippen molar-refractivity contribution in [3.05, 3.63) is 82.8 Å². The first kappa shape index (κ1) is 26.1. The van der Waals surface area contributed by atoms with E-state index >= 15 is 4.39 Å². The SMILES string of the molecule is C=C(C)OC(=O)N1CCc2cc(N3CC[C@H](NS(=O)(=O)c4ccc5cc(Cl)ccc5c4)C3=O)c(F)cc2C1. The predicted molar refractivity (Wildman–Crippen MR) is 142 cm³/mol. The third-order valence-corrected chi connectivity index (χ3v) is 8.38. The maximum atomic E-state index is 15.2. The molecule has 11 heteroatoms. The molecule has 2 aliphatic heterocycles. The summed E-state index contributed by atoms with van der Waals surface area (Å²) in [5, 5.41) is 2.03. The fourth-order valence-corrected chi connectivity index (χ4v) is 6.23. The fraction of sp³-hybridized carbons (Fsp3) is 0.259. The fourth-order valence-electron chi connectivity index (χ4n) is 4.79. The Kier molecular flexibility index (Phi) is 6.89. The molecule has 198 valence electrons. The van der Waals surface area contributed by atoms with E-state index in [1.165, 1.54) is 28.0 Å². The number of sulfonamides is 1. The Labute approximate surface area is 224 Å². The molecule has 1 N–H and O–H groups in total. The Hall–Kier alpha value is -3.47. The molecule has 1 saturated heterocycles. The highest BCUT2D eigenvalue weighted by Gasteiger charge is 2.37. The number of fused-ring (bicyclic) bond motifs is 2. The van der Waals surface area contributed by atoms with Crippen LogP contribution in [0.4, 0.5) is 14.9 Å². The van der Waals surface area contributed by atoms with Gasteiger partial charge >= 0.3 is 6.09 Å². The molecule has 0 saturated carbocycles. The normalized spacial score (nSPS) is 17.6. The van der Waals surface area contributed by atoms with Crippen LogP contribution in [0.1, 0.15) is 24.5 Å². The number of halogens is 2. The Balaban J connectivity index is 1.32. The number of carbonyl (C=O) groups is 2. The standard InChI is InChI=1S/C27H25ClFN3O5S/c1-16(2)37-27(34)31-9-7-19-14-25(23(29)13-20(19)15-31)32-10-8-24(26(32)33)30-38(35,36)22-6-4-17-11-21(28)5-3-18(17)12-22/h3-6,11-14,24,30H,1,7-10,15H2,2H3/t24-/m0/s1. The Morgan fingerprint density at radius 2 is 1.84 bits per heavy atom. The van der Waals surface area contributed by atoms with Crippen LogP contribution in [0.25, 0.3) is 10.8 Å². The summed E-state index contributed by atoms with van der Waals surface area (Å²) in [5.41, 5.74) is 1.53. The van der Waals surface area contributed by atoms with E-state index in [2.05, 4.69) is 11.3 Å². The van der Waals surface area contributed by atoms with Crippen LogP contribution in [-0.2, 0) is 32.5 Å². The number of hydrogen-bond acceptors (Lipinski definition) is 5. The van der Waals surface area contributed by atoms with Gasteiger partial charge in [0.25, 0.3) is 0 Å². The van der Waals surface area contributed by atoms with Crippen LogP contribution < -0.4 is 9.62 Å². The summed E-state index contributed by atoms with van der Waals surface area (Å²) in [6.07, 6.45) is 0.102. The van der Waals surface area contributed by atoms with Crippen molar-refractivity contribution >= 4 is 50.1 Å². The van der Waals surface area contributed by atoms with Gasteiger partial charge in [0, 0.05) is 24.7 Å². The number of ether oxygens (including phenoxy) is 1. The van der Waals surface area contributed by atoms with Gasteiger partial charge in [-0.3, -0.25) is 4.79 Å². The largest absolute Gasteiger partial charge is 0.416 e. The van der Waals surface area contributed by atoms with Crippen molar-refractivity contribution in [2.75, 3.05) is 18.0 Å². The van der Waals surface area contributed by atoms with Gasteiger partial charge in [0.15, 0.2) is 0 Å². The lowest BCUT2D eigenvalue weighted by Crippen LogP contribution is -2.41. The minimum Gasteiger partial charge on any atom is -0.416 e. The Bertz CT molecular complexity index is 1590. The second-order valence-corrected chi connectivity index (χ2v) is 11.6. The second kappa shape index (κ2) is 10.0. The molecule has 0 aromatic heterocycles. The number of nitrogens with zero attached hydrogens (tertiary/aromatic N) is 2. The lowest BCUT2D eigenvalue weighted by molar-refractivity contribution is -0.118. The number of carbonyl (C=O) groups excluding carboxylic acids is 2. The van der Waals surface area contributed by atoms with Crippen LogP contribution in [0.5, 0.6) is 0 Å². The molecule has 1 atom stereocenters. The van der Waals surface area contributed by atoms with Gasteiger partial charge in [-0.2, -0.15) is 4.72 Å². The van der Waals surface area contributed by atoms with E-state index in [9.17, 15) is 18.0 Å². The lowest BCUT2D eigenvalue weighted by Gasteiger charge is -2.29. The Morgan fingerprint density at radius 1 is 1.11 bits per heavy atom. The van der Waals surface area contributed by atoms with Gasteiger partial charge in [-0.05, 0) is 78.1 Å². The molecule has 0 unspecified atom stereocenters. The first-order valence-electron chi connectivity index (χ1n) is 12.0. The van der Waals surface area contributed by atoms with Gasteiger partial charge in [-0.15, -0.1) is 0 Å². The molecule has 0 radical (unpaired) electrons. The van der Waals surface area contributed by atoms with E-state index in [-0.39, 0.29) is 35.9 Å². The highest BCUT2D eigenvalue weighted by Crippen LogP contribution is 2.31. The lowest BCUT2D eigenvalue weighted by atomic mass is 9.98. The summed E-state index contributed by atoms with van der Waals surface area (Å²) in [6, 6.07) is 11.7. The topological polar surface area (TPSA) is 96.0 Å². The minimum atomic E-state index is -4.01. The van der Waals surface area contributed by atoms with E-state index in [0.29, 0.717) is 28.9 Å². The van der Waals surface area contributed by atoms with Crippen LogP contribution in [0, 0.1) is 5.82 Å². The number of rotatable bonds is 5. The maximum Gasteiger partial charge on any atom is 0.415 e. The first-order valence-corrected chi connectivity index (χ1v) is 13.8. The highest BCUT2D eigenvalue weighted by molar-refractivity contribution is 7.89. The molecule has 3 aromatic carbocycles. The zero-order chi connectivity index (χ0) is 27.2. The molecule has 5 rings (SSSR count). The average molecular weight is 558 g/mol. The molecular formula is C27H25ClFN3O5S. The van der Waals surface area contributed by atoms with Gasteiger partial charge in [0.1, 0.15) is 11.9 Å². The molecule has 1 fully saturated rings. The molecule has 2 amide bonds. The molecule has 2 aliphatic rings. The van der Waals surface area contributed by atoms with Gasteiger partial charge < -0.3 is 14.5 Å². The third kappa shape index (κ3) is 5.11. The van der Waals surface area contributed by atoms with Crippen molar-refractivity contribution in [2.45, 2.75) is 37.2 Å². The number of nitrogens with one attached hydrogen (secondary N) is 1. The van der Waals surface area contributed by atoms with E-state index in [0.717, 1.165) is 10.9 Å². The van der Waals surface area contributed by atoms with Crippen LogP contribution >= 0.6 is 11.6 Å². The van der Waals surface area contributed by atoms with E-state index < -0.39 is 33.9 Å². The van der Waals surface area contributed by atoms with E-state index in [1.807, 2.05) is 0 Å². The van der Waals surface area contributed by atoms with Gasteiger partial charge in [0.05, 0.1) is 16.3 Å². The summed E-state index contributed by atoms with van der Waals surface area (Å²) < 4.78 is 48.8. The maximum absolute atomic E-state index is 15.2. The number of hydrogen-bond donors (Lipinski definition) is 1.